The molecule has 0 spiro atoms. The highest BCUT2D eigenvalue weighted by molar-refractivity contribution is 6.12. The number of benzene rings is 2. The molecular weight excluding hydrogens is 396 g/mol. The Hall–Kier alpha value is -4.40. The Morgan fingerprint density at radius 3 is 2.52 bits per heavy atom. The third-order valence-electron chi connectivity index (χ3n) is 5.59. The van der Waals surface area contributed by atoms with Crippen LogP contribution in [0.1, 0.15) is 21.6 Å². The number of carbonyl (C=O) groups is 2. The maximum absolute atomic E-state index is 13.4. The number of primary amides is 1. The summed E-state index contributed by atoms with van der Waals surface area (Å²) in [6.07, 6.45) is 1.67. The number of hydrogen-bond acceptors (Lipinski definition) is 7. The van der Waals surface area contributed by atoms with Crippen molar-refractivity contribution in [3.05, 3.63) is 71.5 Å². The van der Waals surface area contributed by atoms with Crippen LogP contribution in [0.2, 0.25) is 0 Å². The fourth-order valence-electron chi connectivity index (χ4n) is 4.22. The highest BCUT2D eigenvalue weighted by Gasteiger charge is 2.48. The maximum atomic E-state index is 13.4. The summed E-state index contributed by atoms with van der Waals surface area (Å²) in [6.45, 7) is 0. The van der Waals surface area contributed by atoms with Crippen molar-refractivity contribution in [2.45, 2.75) is 5.54 Å². The molecule has 154 valence electrons. The van der Waals surface area contributed by atoms with Gasteiger partial charge < -0.3 is 26.5 Å². The predicted octanol–water partition coefficient (Wildman–Crippen LogP) is 2.15. The van der Waals surface area contributed by atoms with Crippen molar-refractivity contribution in [3.63, 3.8) is 0 Å². The standard InChI is InChI=1S/C22H18N6O3/c1-31-21(30)22(11-6-8-12(23)9-7-11)14-10-25-20-17(14)16(18(19(24)29)27-28-20)13-4-2-3-5-15(13)26-22/h2-10,26H,23H2,1H3,(H2,24,29)(H,25,28). The van der Waals surface area contributed by atoms with Crippen LogP contribution in [0.15, 0.2) is 54.7 Å². The van der Waals surface area contributed by atoms with Gasteiger partial charge in [0.25, 0.3) is 5.91 Å². The molecule has 1 unspecified atom stereocenters. The number of nitrogen functional groups attached to an aromatic ring is 1. The number of nitrogens with two attached hydrogens (primary N) is 2. The second kappa shape index (κ2) is 6.56. The van der Waals surface area contributed by atoms with Gasteiger partial charge in [-0.1, -0.05) is 30.3 Å². The number of amides is 1. The smallest absolute Gasteiger partial charge is 0.341 e. The van der Waals surface area contributed by atoms with Gasteiger partial charge in [0, 0.05) is 39.6 Å². The minimum absolute atomic E-state index is 0.0144. The fourth-order valence-corrected chi connectivity index (χ4v) is 4.22. The summed E-state index contributed by atoms with van der Waals surface area (Å²) >= 11 is 0. The Morgan fingerprint density at radius 1 is 1.06 bits per heavy atom. The summed E-state index contributed by atoms with van der Waals surface area (Å²) in [5.74, 6) is -1.26. The van der Waals surface area contributed by atoms with Gasteiger partial charge in [0.2, 0.25) is 0 Å². The lowest BCUT2D eigenvalue weighted by atomic mass is 9.82. The molecular formula is C22H18N6O3. The lowest BCUT2D eigenvalue weighted by molar-refractivity contribution is -0.144. The number of nitrogens with zero attached hydrogens (tertiary/aromatic N) is 2. The van der Waals surface area contributed by atoms with Crippen LogP contribution >= 0.6 is 0 Å². The number of carbonyl (C=O) groups excluding carboxylic acids is 2. The molecule has 1 aliphatic heterocycles. The average Bonchev–Trinajstić information content (AvgIpc) is 3.16. The minimum Gasteiger partial charge on any atom is -0.467 e. The molecule has 0 bridgehead atoms. The number of rotatable bonds is 3. The zero-order chi connectivity index (χ0) is 21.8. The Morgan fingerprint density at radius 2 is 1.81 bits per heavy atom. The van der Waals surface area contributed by atoms with Crippen molar-refractivity contribution >= 4 is 34.3 Å². The molecule has 0 saturated carbocycles. The van der Waals surface area contributed by atoms with E-state index in [-0.39, 0.29) is 5.69 Å². The number of H-pyrrole nitrogens is 1. The molecule has 0 fully saturated rings. The first kappa shape index (κ1) is 18.6. The number of anilines is 2. The Labute approximate surface area is 176 Å². The molecule has 3 heterocycles. The lowest BCUT2D eigenvalue weighted by Crippen LogP contribution is -2.45. The number of esters is 1. The van der Waals surface area contributed by atoms with E-state index in [0.717, 1.165) is 0 Å². The molecule has 1 atom stereocenters. The van der Waals surface area contributed by atoms with E-state index < -0.39 is 17.4 Å². The van der Waals surface area contributed by atoms with Gasteiger partial charge >= 0.3 is 5.97 Å². The minimum atomic E-state index is -1.44. The summed E-state index contributed by atoms with van der Waals surface area (Å²) in [7, 11) is 1.32. The topological polar surface area (TPSA) is 149 Å². The van der Waals surface area contributed by atoms with E-state index in [4.69, 9.17) is 16.2 Å². The van der Waals surface area contributed by atoms with Crippen LogP contribution in [0.25, 0.3) is 22.2 Å². The van der Waals surface area contributed by atoms with Crippen LogP contribution in [-0.4, -0.2) is 34.2 Å². The number of ether oxygens (including phenoxy) is 1. The van der Waals surface area contributed by atoms with Crippen molar-refractivity contribution in [1.82, 2.24) is 15.2 Å². The van der Waals surface area contributed by atoms with Gasteiger partial charge in [0.15, 0.2) is 16.9 Å². The first-order chi connectivity index (χ1) is 15.0. The second-order valence-corrected chi connectivity index (χ2v) is 7.25. The quantitative estimate of drug-likeness (QED) is 0.296. The molecule has 2 aromatic carbocycles. The van der Waals surface area contributed by atoms with E-state index in [1.165, 1.54) is 7.11 Å². The molecule has 1 aliphatic rings. The van der Waals surface area contributed by atoms with E-state index in [1.807, 2.05) is 24.3 Å². The van der Waals surface area contributed by atoms with Gasteiger partial charge in [-0.3, -0.25) is 4.79 Å². The Kier molecular flexibility index (Phi) is 3.94. The van der Waals surface area contributed by atoms with Gasteiger partial charge in [-0.25, -0.2) is 4.79 Å². The molecule has 5 rings (SSSR count). The van der Waals surface area contributed by atoms with E-state index >= 15 is 0 Å². The summed E-state index contributed by atoms with van der Waals surface area (Å²) in [6, 6.07) is 14.2. The number of hydrogen-bond donors (Lipinski definition) is 4. The van der Waals surface area contributed by atoms with E-state index in [9.17, 15) is 9.59 Å². The Balaban J connectivity index is 1.99. The highest BCUT2D eigenvalue weighted by atomic mass is 16.5. The molecule has 9 heteroatoms. The van der Waals surface area contributed by atoms with Crippen molar-refractivity contribution < 1.29 is 14.3 Å². The van der Waals surface area contributed by atoms with Gasteiger partial charge in [0.1, 0.15) is 0 Å². The molecule has 1 amide bonds. The van der Waals surface area contributed by atoms with Crippen molar-refractivity contribution in [2.75, 3.05) is 18.2 Å². The molecule has 0 saturated heterocycles. The number of fused-ring (bicyclic) bond motifs is 2. The van der Waals surface area contributed by atoms with E-state index in [2.05, 4.69) is 20.5 Å². The first-order valence-corrected chi connectivity index (χ1v) is 9.47. The zero-order valence-corrected chi connectivity index (χ0v) is 16.5. The van der Waals surface area contributed by atoms with Crippen LogP contribution < -0.4 is 16.8 Å². The average molecular weight is 414 g/mol. The third-order valence-corrected chi connectivity index (χ3v) is 5.59. The molecule has 9 nitrogen and oxygen atoms in total. The summed E-state index contributed by atoms with van der Waals surface area (Å²) < 4.78 is 5.27. The molecule has 31 heavy (non-hydrogen) atoms. The van der Waals surface area contributed by atoms with Crippen LogP contribution in [-0.2, 0) is 15.1 Å². The van der Waals surface area contributed by atoms with Crippen molar-refractivity contribution in [2.24, 2.45) is 5.73 Å². The van der Waals surface area contributed by atoms with Crippen molar-refractivity contribution in [3.8, 4) is 11.1 Å². The monoisotopic (exact) mass is 414 g/mol. The number of para-hydroxylation sites is 1. The second-order valence-electron chi connectivity index (χ2n) is 7.25. The van der Waals surface area contributed by atoms with Gasteiger partial charge in [-0.05, 0) is 23.8 Å². The van der Waals surface area contributed by atoms with Crippen LogP contribution in [0.3, 0.4) is 0 Å². The summed E-state index contributed by atoms with van der Waals surface area (Å²) in [4.78, 5) is 28.8. The predicted molar refractivity (Wildman–Crippen MR) is 115 cm³/mol. The SMILES string of the molecule is COC(=O)C1(c2ccc(N)cc2)Nc2ccccc2-c2c(C(N)=O)nnc3[nH]cc1c23. The molecule has 6 N–H and O–H groups in total. The molecule has 2 aromatic heterocycles. The highest BCUT2D eigenvalue weighted by Crippen LogP contribution is 2.48. The van der Waals surface area contributed by atoms with Crippen molar-refractivity contribution in [1.29, 1.82) is 0 Å². The van der Waals surface area contributed by atoms with E-state index in [0.29, 0.717) is 44.7 Å². The normalized spacial score (nSPS) is 16.8. The van der Waals surface area contributed by atoms with E-state index in [1.54, 1.807) is 30.5 Å². The summed E-state index contributed by atoms with van der Waals surface area (Å²) in [5.41, 5.74) is 14.0. The molecule has 0 radical (unpaired) electrons. The summed E-state index contributed by atoms with van der Waals surface area (Å²) in [5, 5.41) is 12.1. The third kappa shape index (κ3) is 2.49. The number of nitrogens with one attached hydrogen (secondary N) is 2. The van der Waals surface area contributed by atoms with Gasteiger partial charge in [-0.15, -0.1) is 10.2 Å². The largest absolute Gasteiger partial charge is 0.467 e. The number of aromatic nitrogens is 3. The van der Waals surface area contributed by atoms with Gasteiger partial charge in [-0.2, -0.15) is 0 Å². The van der Waals surface area contributed by atoms with Gasteiger partial charge in [0.05, 0.1) is 7.11 Å². The number of aromatic amines is 1. The van der Waals surface area contributed by atoms with Crippen LogP contribution in [0.5, 0.6) is 0 Å². The molecule has 0 aliphatic carbocycles. The Bertz CT molecular complexity index is 1360. The van der Waals surface area contributed by atoms with Crippen LogP contribution in [0, 0.1) is 0 Å². The van der Waals surface area contributed by atoms with Crippen LogP contribution in [0.4, 0.5) is 11.4 Å². The zero-order valence-electron chi connectivity index (χ0n) is 16.5. The maximum Gasteiger partial charge on any atom is 0.341 e. The fraction of sp³-hybridized carbons (Fsp3) is 0.0909. The molecule has 4 aromatic rings. The number of methoxy groups -OCH3 is 1. The first-order valence-electron chi connectivity index (χ1n) is 9.47. The lowest BCUT2D eigenvalue weighted by Gasteiger charge is -2.33.